The van der Waals surface area contributed by atoms with Crippen molar-refractivity contribution in [2.24, 2.45) is 0 Å². The number of nitrogens with zero attached hydrogens (tertiary/aromatic N) is 3. The molecule has 2 aromatic rings. The van der Waals surface area contributed by atoms with E-state index in [9.17, 15) is 0 Å². The summed E-state index contributed by atoms with van der Waals surface area (Å²) in [5.74, 6) is 0.635. The molecule has 14 heavy (non-hydrogen) atoms. The van der Waals surface area contributed by atoms with Crippen LogP contribution in [0.1, 0.15) is 16.4 Å². The molecule has 2 aromatic heterocycles. The number of hydrogen-bond donors (Lipinski definition) is 1. The number of aryl methyl sites for hydroxylation is 2. The molecule has 2 rings (SSSR count). The predicted molar refractivity (Wildman–Crippen MR) is 53.2 cm³/mol. The number of rotatable bonds is 3. The van der Waals surface area contributed by atoms with Crippen LogP contribution in [0, 0.1) is 13.8 Å². The molecule has 0 saturated heterocycles. The predicted octanol–water partition coefficient (Wildman–Crippen LogP) is 1.76. The molecular formula is C8H10N4OS. The minimum absolute atomic E-state index is 0.545. The highest BCUT2D eigenvalue weighted by Crippen LogP contribution is 2.21. The normalized spacial score (nSPS) is 10.4. The van der Waals surface area contributed by atoms with E-state index in [2.05, 4.69) is 25.0 Å². The second-order valence-corrected chi connectivity index (χ2v) is 4.06. The smallest absolute Gasteiger partial charge is 0.213 e. The first kappa shape index (κ1) is 9.14. The summed E-state index contributed by atoms with van der Waals surface area (Å²) >= 11 is 1.63. The maximum atomic E-state index is 4.61. The van der Waals surface area contributed by atoms with Gasteiger partial charge in [0, 0.05) is 4.88 Å². The second kappa shape index (κ2) is 3.75. The molecule has 5 nitrogen and oxygen atoms in total. The standard InChI is InChI=1S/C8H10N4OS/c1-5-6(2)14-8(11-5)9-3-7-10-4-13-12-7/h4H,3H2,1-2H3,(H,9,11). The molecule has 0 unspecified atom stereocenters. The van der Waals surface area contributed by atoms with Gasteiger partial charge in [-0.05, 0) is 13.8 Å². The molecule has 0 radical (unpaired) electrons. The van der Waals surface area contributed by atoms with Gasteiger partial charge in [0.15, 0.2) is 11.0 Å². The molecule has 0 amide bonds. The molecule has 6 heteroatoms. The molecule has 0 aliphatic heterocycles. The van der Waals surface area contributed by atoms with E-state index in [1.54, 1.807) is 11.3 Å². The van der Waals surface area contributed by atoms with Crippen LogP contribution in [-0.4, -0.2) is 15.1 Å². The average molecular weight is 210 g/mol. The largest absolute Gasteiger partial charge is 0.354 e. The summed E-state index contributed by atoms with van der Waals surface area (Å²) in [5.41, 5.74) is 1.06. The average Bonchev–Trinajstić information content (AvgIpc) is 2.74. The zero-order valence-corrected chi connectivity index (χ0v) is 8.76. The third-order valence-corrected chi connectivity index (χ3v) is 2.86. The highest BCUT2D eigenvalue weighted by atomic mass is 32.1. The van der Waals surface area contributed by atoms with Crippen molar-refractivity contribution < 1.29 is 4.52 Å². The first-order valence-corrected chi connectivity index (χ1v) is 5.00. The third kappa shape index (κ3) is 1.90. The van der Waals surface area contributed by atoms with Gasteiger partial charge >= 0.3 is 0 Å². The lowest BCUT2D eigenvalue weighted by Crippen LogP contribution is -2.00. The lowest BCUT2D eigenvalue weighted by atomic mass is 10.4. The summed E-state index contributed by atoms with van der Waals surface area (Å²) in [6.45, 7) is 4.58. The Labute approximate surface area is 85.2 Å². The number of aromatic nitrogens is 3. The minimum atomic E-state index is 0.545. The summed E-state index contributed by atoms with van der Waals surface area (Å²) in [5, 5.41) is 7.71. The second-order valence-electron chi connectivity index (χ2n) is 2.86. The van der Waals surface area contributed by atoms with Crippen LogP contribution >= 0.6 is 11.3 Å². The van der Waals surface area contributed by atoms with E-state index in [1.807, 2.05) is 13.8 Å². The molecule has 0 aromatic carbocycles. The summed E-state index contributed by atoms with van der Waals surface area (Å²) in [6.07, 6.45) is 1.31. The van der Waals surface area contributed by atoms with Gasteiger partial charge in [0.2, 0.25) is 6.39 Å². The van der Waals surface area contributed by atoms with Crippen molar-refractivity contribution >= 4 is 16.5 Å². The molecule has 74 valence electrons. The van der Waals surface area contributed by atoms with Gasteiger partial charge in [-0.25, -0.2) is 4.98 Å². The van der Waals surface area contributed by atoms with E-state index < -0.39 is 0 Å². The van der Waals surface area contributed by atoms with Crippen LogP contribution in [0.2, 0.25) is 0 Å². The van der Waals surface area contributed by atoms with Crippen molar-refractivity contribution in [2.45, 2.75) is 20.4 Å². The van der Waals surface area contributed by atoms with E-state index in [1.165, 1.54) is 11.3 Å². The Balaban J connectivity index is 1.98. The van der Waals surface area contributed by atoms with Crippen LogP contribution < -0.4 is 5.32 Å². The van der Waals surface area contributed by atoms with Crippen LogP contribution in [0.25, 0.3) is 0 Å². The van der Waals surface area contributed by atoms with Crippen molar-refractivity contribution in [3.8, 4) is 0 Å². The first-order chi connectivity index (χ1) is 6.75. The molecular weight excluding hydrogens is 200 g/mol. The minimum Gasteiger partial charge on any atom is -0.354 e. The Morgan fingerprint density at radius 1 is 1.50 bits per heavy atom. The van der Waals surface area contributed by atoms with Crippen LogP contribution in [0.4, 0.5) is 5.13 Å². The molecule has 0 fully saturated rings. The fourth-order valence-electron chi connectivity index (χ4n) is 0.973. The number of hydrogen-bond acceptors (Lipinski definition) is 6. The SMILES string of the molecule is Cc1nc(NCc2ncon2)sc1C. The molecule has 0 saturated carbocycles. The fourth-order valence-corrected chi connectivity index (χ4v) is 1.78. The fraction of sp³-hybridized carbons (Fsp3) is 0.375. The van der Waals surface area contributed by atoms with Crippen molar-refractivity contribution in [2.75, 3.05) is 5.32 Å². The Morgan fingerprint density at radius 3 is 2.93 bits per heavy atom. The van der Waals surface area contributed by atoms with Crippen molar-refractivity contribution in [1.82, 2.24) is 15.1 Å². The van der Waals surface area contributed by atoms with Crippen molar-refractivity contribution in [3.63, 3.8) is 0 Å². The molecule has 0 aliphatic carbocycles. The van der Waals surface area contributed by atoms with E-state index in [-0.39, 0.29) is 0 Å². The number of thiazole rings is 1. The summed E-state index contributed by atoms with van der Waals surface area (Å²) in [6, 6.07) is 0. The quantitative estimate of drug-likeness (QED) is 0.836. The maximum absolute atomic E-state index is 4.61. The van der Waals surface area contributed by atoms with Gasteiger partial charge < -0.3 is 9.84 Å². The maximum Gasteiger partial charge on any atom is 0.213 e. The van der Waals surface area contributed by atoms with E-state index in [0.717, 1.165) is 10.8 Å². The molecule has 0 aliphatic rings. The molecule has 0 atom stereocenters. The summed E-state index contributed by atoms with van der Waals surface area (Å²) in [4.78, 5) is 9.45. The molecule has 0 bridgehead atoms. The summed E-state index contributed by atoms with van der Waals surface area (Å²) < 4.78 is 4.61. The van der Waals surface area contributed by atoms with Gasteiger partial charge in [0.05, 0.1) is 12.2 Å². The zero-order chi connectivity index (χ0) is 9.97. The van der Waals surface area contributed by atoms with Gasteiger partial charge in [-0.2, -0.15) is 4.98 Å². The lowest BCUT2D eigenvalue weighted by molar-refractivity contribution is 0.411. The van der Waals surface area contributed by atoms with Crippen LogP contribution in [0.3, 0.4) is 0 Å². The Bertz CT molecular complexity index is 389. The van der Waals surface area contributed by atoms with E-state index >= 15 is 0 Å². The van der Waals surface area contributed by atoms with Crippen molar-refractivity contribution in [1.29, 1.82) is 0 Å². The van der Waals surface area contributed by atoms with Gasteiger partial charge in [-0.15, -0.1) is 11.3 Å². The van der Waals surface area contributed by atoms with Gasteiger partial charge in [-0.3, -0.25) is 0 Å². The summed E-state index contributed by atoms with van der Waals surface area (Å²) in [7, 11) is 0. The zero-order valence-electron chi connectivity index (χ0n) is 7.94. The topological polar surface area (TPSA) is 63.8 Å². The Hall–Kier alpha value is -1.43. The van der Waals surface area contributed by atoms with Crippen LogP contribution in [0.5, 0.6) is 0 Å². The van der Waals surface area contributed by atoms with Crippen molar-refractivity contribution in [3.05, 3.63) is 22.8 Å². The first-order valence-electron chi connectivity index (χ1n) is 4.19. The Kier molecular flexibility index (Phi) is 2.45. The monoisotopic (exact) mass is 210 g/mol. The van der Waals surface area contributed by atoms with Gasteiger partial charge in [0.1, 0.15) is 0 Å². The third-order valence-electron chi connectivity index (χ3n) is 1.83. The lowest BCUT2D eigenvalue weighted by Gasteiger charge is -1.95. The highest BCUT2D eigenvalue weighted by molar-refractivity contribution is 7.15. The van der Waals surface area contributed by atoms with E-state index in [4.69, 9.17) is 0 Å². The highest BCUT2D eigenvalue weighted by Gasteiger charge is 2.04. The van der Waals surface area contributed by atoms with Gasteiger partial charge in [0.25, 0.3) is 0 Å². The van der Waals surface area contributed by atoms with Crippen LogP contribution in [-0.2, 0) is 6.54 Å². The number of nitrogens with one attached hydrogen (secondary N) is 1. The molecule has 2 heterocycles. The Morgan fingerprint density at radius 2 is 2.36 bits per heavy atom. The van der Waals surface area contributed by atoms with Crippen LogP contribution in [0.15, 0.2) is 10.9 Å². The van der Waals surface area contributed by atoms with Gasteiger partial charge in [-0.1, -0.05) is 5.16 Å². The number of anilines is 1. The van der Waals surface area contributed by atoms with E-state index in [0.29, 0.717) is 12.4 Å². The molecule has 0 spiro atoms. The molecule has 1 N–H and O–H groups in total.